The molecule has 3 aromatic rings. The Kier molecular flexibility index (Phi) is 3.33. The molecule has 2 aromatic carbocycles. The van der Waals surface area contributed by atoms with E-state index in [4.69, 9.17) is 0 Å². The van der Waals surface area contributed by atoms with Crippen LogP contribution in [0.1, 0.15) is 11.1 Å². The topological polar surface area (TPSA) is 45.8 Å². The van der Waals surface area contributed by atoms with Crippen molar-refractivity contribution in [2.75, 3.05) is 0 Å². The van der Waals surface area contributed by atoms with E-state index in [1.165, 1.54) is 3.57 Å². The van der Waals surface area contributed by atoms with E-state index in [2.05, 4.69) is 32.8 Å². The van der Waals surface area contributed by atoms with Gasteiger partial charge in [-0.1, -0.05) is 24.3 Å². The predicted octanol–water partition coefficient (Wildman–Crippen LogP) is 3.81. The van der Waals surface area contributed by atoms with Crippen LogP contribution < -0.4 is 5.56 Å². The Labute approximate surface area is 130 Å². The van der Waals surface area contributed by atoms with E-state index in [1.54, 1.807) is 0 Å². The molecule has 1 heterocycles. The number of hydrogen-bond acceptors (Lipinski definition) is 2. The van der Waals surface area contributed by atoms with Crippen LogP contribution in [0.4, 0.5) is 0 Å². The number of halogens is 1. The fourth-order valence-corrected chi connectivity index (χ4v) is 2.80. The second-order valence-electron chi connectivity index (χ2n) is 4.86. The van der Waals surface area contributed by atoms with Crippen LogP contribution in [0.5, 0.6) is 0 Å². The van der Waals surface area contributed by atoms with Gasteiger partial charge in [0.15, 0.2) is 0 Å². The van der Waals surface area contributed by atoms with Crippen LogP contribution in [0.3, 0.4) is 0 Å². The lowest BCUT2D eigenvalue weighted by Gasteiger charge is -2.09. The molecule has 0 spiro atoms. The summed E-state index contributed by atoms with van der Waals surface area (Å²) in [6.45, 7) is 3.97. The summed E-state index contributed by atoms with van der Waals surface area (Å²) in [6.07, 6.45) is 0. The first-order valence-electron chi connectivity index (χ1n) is 6.32. The zero-order valence-corrected chi connectivity index (χ0v) is 13.4. The predicted molar refractivity (Wildman–Crippen MR) is 90.0 cm³/mol. The highest BCUT2D eigenvalue weighted by molar-refractivity contribution is 14.1. The number of benzene rings is 2. The molecule has 100 valence electrons. The van der Waals surface area contributed by atoms with Crippen LogP contribution in [-0.4, -0.2) is 10.2 Å². The molecule has 0 amide bonds. The Morgan fingerprint density at radius 1 is 0.950 bits per heavy atom. The number of H-pyrrole nitrogens is 1. The Balaban J connectivity index is 2.43. The molecular formula is C16H13IN2O. The molecule has 20 heavy (non-hydrogen) atoms. The van der Waals surface area contributed by atoms with Crippen molar-refractivity contribution in [3.63, 3.8) is 0 Å². The zero-order valence-electron chi connectivity index (χ0n) is 11.2. The second-order valence-corrected chi connectivity index (χ2v) is 6.10. The van der Waals surface area contributed by atoms with E-state index in [-0.39, 0.29) is 5.56 Å². The normalized spacial score (nSPS) is 10.9. The van der Waals surface area contributed by atoms with Gasteiger partial charge in [0.25, 0.3) is 5.56 Å². The largest absolute Gasteiger partial charge is 0.272 e. The summed E-state index contributed by atoms with van der Waals surface area (Å²) in [6, 6.07) is 12.2. The molecule has 1 aromatic heterocycles. The highest BCUT2D eigenvalue weighted by atomic mass is 127. The van der Waals surface area contributed by atoms with Gasteiger partial charge in [-0.05, 0) is 59.7 Å². The second kappa shape index (κ2) is 5.01. The van der Waals surface area contributed by atoms with Crippen molar-refractivity contribution >= 4 is 33.4 Å². The molecule has 1 N–H and O–H groups in total. The van der Waals surface area contributed by atoms with E-state index in [1.807, 2.05) is 50.2 Å². The van der Waals surface area contributed by atoms with Gasteiger partial charge in [-0.2, -0.15) is 5.10 Å². The summed E-state index contributed by atoms with van der Waals surface area (Å²) in [5, 5.41) is 8.55. The third-order valence-electron chi connectivity index (χ3n) is 3.47. The van der Waals surface area contributed by atoms with Gasteiger partial charge in [-0.15, -0.1) is 0 Å². The molecule has 0 aliphatic heterocycles. The molecule has 4 heteroatoms. The maximum Gasteiger partial charge on any atom is 0.272 e. The lowest BCUT2D eigenvalue weighted by atomic mass is 9.98. The standard InChI is InChI=1S/C16H13IN2O/c1-9-3-4-10(2)14-13(9)15(18-19-16(14)20)11-5-7-12(17)8-6-11/h3-8H,1-2H3,(H,19,20). The fourth-order valence-electron chi connectivity index (χ4n) is 2.44. The van der Waals surface area contributed by atoms with Crippen molar-refractivity contribution in [2.24, 2.45) is 0 Å². The van der Waals surface area contributed by atoms with Crippen LogP contribution >= 0.6 is 22.6 Å². The number of aromatic nitrogens is 2. The third-order valence-corrected chi connectivity index (χ3v) is 4.19. The summed E-state index contributed by atoms with van der Waals surface area (Å²) in [4.78, 5) is 12.1. The molecule has 0 atom stereocenters. The van der Waals surface area contributed by atoms with Crippen molar-refractivity contribution in [2.45, 2.75) is 13.8 Å². The fraction of sp³-hybridized carbons (Fsp3) is 0.125. The third kappa shape index (κ3) is 2.14. The van der Waals surface area contributed by atoms with E-state index in [9.17, 15) is 4.79 Å². The Bertz CT molecular complexity index is 851. The summed E-state index contributed by atoms with van der Waals surface area (Å²) in [5.41, 5.74) is 3.76. The molecule has 0 aliphatic rings. The molecule has 0 saturated carbocycles. The van der Waals surface area contributed by atoms with Gasteiger partial charge in [0, 0.05) is 14.5 Å². The van der Waals surface area contributed by atoms with Crippen LogP contribution in [-0.2, 0) is 0 Å². The minimum Gasteiger partial charge on any atom is -0.267 e. The number of aryl methyl sites for hydroxylation is 2. The maximum atomic E-state index is 12.1. The van der Waals surface area contributed by atoms with Crippen LogP contribution in [0, 0.1) is 17.4 Å². The smallest absolute Gasteiger partial charge is 0.267 e. The molecule has 0 bridgehead atoms. The monoisotopic (exact) mass is 376 g/mol. The number of rotatable bonds is 1. The number of aromatic amines is 1. The SMILES string of the molecule is Cc1ccc(C)c2c(=O)[nH]nc(-c3ccc(I)cc3)c12. The first kappa shape index (κ1) is 13.3. The summed E-state index contributed by atoms with van der Waals surface area (Å²) < 4.78 is 1.17. The average molecular weight is 376 g/mol. The van der Waals surface area contributed by atoms with E-state index in [0.29, 0.717) is 0 Å². The minimum atomic E-state index is -0.129. The first-order valence-corrected chi connectivity index (χ1v) is 7.40. The van der Waals surface area contributed by atoms with Crippen molar-refractivity contribution in [3.8, 4) is 11.3 Å². The summed E-state index contributed by atoms with van der Waals surface area (Å²) in [7, 11) is 0. The van der Waals surface area contributed by atoms with Gasteiger partial charge in [0.2, 0.25) is 0 Å². The lowest BCUT2D eigenvalue weighted by Crippen LogP contribution is -2.11. The van der Waals surface area contributed by atoms with Gasteiger partial charge >= 0.3 is 0 Å². The van der Waals surface area contributed by atoms with E-state index < -0.39 is 0 Å². The summed E-state index contributed by atoms with van der Waals surface area (Å²) in [5.74, 6) is 0. The van der Waals surface area contributed by atoms with Gasteiger partial charge in [-0.3, -0.25) is 4.79 Å². The highest BCUT2D eigenvalue weighted by Crippen LogP contribution is 2.28. The van der Waals surface area contributed by atoms with Crippen LogP contribution in [0.15, 0.2) is 41.2 Å². The molecule has 0 unspecified atom stereocenters. The van der Waals surface area contributed by atoms with Gasteiger partial charge in [0.1, 0.15) is 0 Å². The molecule has 3 nitrogen and oxygen atoms in total. The van der Waals surface area contributed by atoms with Crippen molar-refractivity contribution in [1.82, 2.24) is 10.2 Å². The average Bonchev–Trinajstić information content (AvgIpc) is 2.44. The Morgan fingerprint density at radius 2 is 1.55 bits per heavy atom. The number of fused-ring (bicyclic) bond motifs is 1. The Morgan fingerprint density at radius 3 is 2.20 bits per heavy atom. The highest BCUT2D eigenvalue weighted by Gasteiger charge is 2.12. The van der Waals surface area contributed by atoms with E-state index in [0.717, 1.165) is 33.2 Å². The van der Waals surface area contributed by atoms with Crippen LogP contribution in [0.25, 0.3) is 22.0 Å². The quantitative estimate of drug-likeness (QED) is 0.657. The number of nitrogens with one attached hydrogen (secondary N) is 1. The number of nitrogens with zero attached hydrogens (tertiary/aromatic N) is 1. The van der Waals surface area contributed by atoms with Crippen molar-refractivity contribution < 1.29 is 0 Å². The molecule has 0 saturated heterocycles. The maximum absolute atomic E-state index is 12.1. The molecule has 0 radical (unpaired) electrons. The molecular weight excluding hydrogens is 363 g/mol. The lowest BCUT2D eigenvalue weighted by molar-refractivity contribution is 1.01. The van der Waals surface area contributed by atoms with Crippen LogP contribution in [0.2, 0.25) is 0 Å². The van der Waals surface area contributed by atoms with Crippen molar-refractivity contribution in [3.05, 3.63) is 61.4 Å². The van der Waals surface area contributed by atoms with Gasteiger partial charge in [0.05, 0.1) is 11.1 Å². The molecule has 0 aliphatic carbocycles. The molecule has 0 fully saturated rings. The van der Waals surface area contributed by atoms with E-state index >= 15 is 0 Å². The molecule has 3 rings (SSSR count). The minimum absolute atomic E-state index is 0.129. The van der Waals surface area contributed by atoms with Gasteiger partial charge < -0.3 is 0 Å². The Hall–Kier alpha value is -1.69. The van der Waals surface area contributed by atoms with Crippen molar-refractivity contribution in [1.29, 1.82) is 0 Å². The van der Waals surface area contributed by atoms with Gasteiger partial charge in [-0.25, -0.2) is 5.10 Å². The number of hydrogen-bond donors (Lipinski definition) is 1. The first-order chi connectivity index (χ1) is 9.58. The zero-order chi connectivity index (χ0) is 14.3. The summed E-state index contributed by atoms with van der Waals surface area (Å²) >= 11 is 2.27.